The van der Waals surface area contributed by atoms with Gasteiger partial charge < -0.3 is 10.3 Å². The Balaban J connectivity index is 1.49. The second-order valence-electron chi connectivity index (χ2n) is 8.04. The van der Waals surface area contributed by atoms with Crippen LogP contribution in [0.5, 0.6) is 0 Å². The molecule has 0 aliphatic heterocycles. The van der Waals surface area contributed by atoms with Crippen molar-refractivity contribution in [1.29, 1.82) is 0 Å². The molecular weight excluding hydrogens is 356 g/mol. The molecule has 29 heavy (non-hydrogen) atoms. The first kappa shape index (κ1) is 18.1. The molecule has 0 unspecified atom stereocenters. The van der Waals surface area contributed by atoms with Crippen LogP contribution < -0.4 is 5.32 Å². The Bertz CT molecular complexity index is 1130. The van der Waals surface area contributed by atoms with Crippen LogP contribution in [0.4, 0.5) is 0 Å². The molecule has 0 saturated carbocycles. The van der Waals surface area contributed by atoms with Crippen LogP contribution in [0.2, 0.25) is 0 Å². The topological polar surface area (TPSA) is 53.6 Å². The minimum Gasteiger partial charge on any atom is -0.357 e. The summed E-state index contributed by atoms with van der Waals surface area (Å²) in [6.07, 6.45) is 7.32. The summed E-state index contributed by atoms with van der Waals surface area (Å²) in [6.45, 7) is 4.17. The van der Waals surface area contributed by atoms with Crippen molar-refractivity contribution in [2.75, 3.05) is 0 Å². The Labute approximate surface area is 171 Å². The molecule has 2 aromatic carbocycles. The van der Waals surface area contributed by atoms with Gasteiger partial charge in [-0.05, 0) is 61.9 Å². The molecule has 1 aliphatic rings. The number of aromatic nitrogens is 3. The normalized spacial score (nSPS) is 17.2. The van der Waals surface area contributed by atoms with E-state index in [1.165, 1.54) is 39.7 Å². The summed E-state index contributed by atoms with van der Waals surface area (Å²) in [4.78, 5) is 12.4. The summed E-state index contributed by atoms with van der Waals surface area (Å²) in [5.74, 6) is 0.801. The van der Waals surface area contributed by atoms with Gasteiger partial charge >= 0.3 is 0 Å². The first-order valence-electron chi connectivity index (χ1n) is 10.4. The second-order valence-corrected chi connectivity index (χ2v) is 8.04. The Morgan fingerprint density at radius 2 is 1.83 bits per heavy atom. The van der Waals surface area contributed by atoms with E-state index in [-0.39, 0.29) is 0 Å². The van der Waals surface area contributed by atoms with Gasteiger partial charge in [0, 0.05) is 46.6 Å². The molecular formula is C25H26N4. The number of hydrogen-bond donors (Lipinski definition) is 2. The van der Waals surface area contributed by atoms with Crippen molar-refractivity contribution in [1.82, 2.24) is 20.3 Å². The number of hydrogen-bond acceptors (Lipinski definition) is 3. The number of fused-ring (bicyclic) bond motifs is 3. The lowest BCUT2D eigenvalue weighted by molar-refractivity contribution is 0.410. The molecule has 0 fully saturated rings. The molecule has 2 atom stereocenters. The monoisotopic (exact) mass is 382 g/mol. The summed E-state index contributed by atoms with van der Waals surface area (Å²) in [6, 6.07) is 18.0. The summed E-state index contributed by atoms with van der Waals surface area (Å²) in [7, 11) is 0. The van der Waals surface area contributed by atoms with Gasteiger partial charge in [-0.1, -0.05) is 36.4 Å². The van der Waals surface area contributed by atoms with Crippen molar-refractivity contribution < 1.29 is 0 Å². The van der Waals surface area contributed by atoms with Crippen molar-refractivity contribution in [2.24, 2.45) is 0 Å². The second kappa shape index (κ2) is 7.45. The van der Waals surface area contributed by atoms with E-state index in [0.29, 0.717) is 12.1 Å². The SMILES string of the molecule is Cc1ncc(-c2ccc3[nH]c4c(c3c2)CCC[C@H]4N[C@H](C)c2ccccc2)cn1. The third-order valence-electron chi connectivity index (χ3n) is 6.07. The Morgan fingerprint density at radius 3 is 2.62 bits per heavy atom. The maximum atomic E-state index is 4.36. The number of rotatable bonds is 4. The summed E-state index contributed by atoms with van der Waals surface area (Å²) >= 11 is 0. The number of aromatic amines is 1. The maximum Gasteiger partial charge on any atom is 0.125 e. The van der Waals surface area contributed by atoms with Crippen molar-refractivity contribution in [2.45, 2.75) is 45.2 Å². The van der Waals surface area contributed by atoms with Crippen LogP contribution in [0, 0.1) is 6.92 Å². The molecule has 5 rings (SSSR count). The van der Waals surface area contributed by atoms with Crippen molar-refractivity contribution >= 4 is 10.9 Å². The van der Waals surface area contributed by atoms with E-state index in [0.717, 1.165) is 24.2 Å². The Morgan fingerprint density at radius 1 is 1.03 bits per heavy atom. The lowest BCUT2D eigenvalue weighted by Gasteiger charge is -2.27. The van der Waals surface area contributed by atoms with Crippen LogP contribution in [-0.4, -0.2) is 15.0 Å². The highest BCUT2D eigenvalue weighted by Crippen LogP contribution is 2.37. The fraction of sp³-hybridized carbons (Fsp3) is 0.280. The van der Waals surface area contributed by atoms with E-state index in [4.69, 9.17) is 0 Å². The zero-order valence-corrected chi connectivity index (χ0v) is 16.9. The quantitative estimate of drug-likeness (QED) is 0.479. The minimum atomic E-state index is 0.318. The van der Waals surface area contributed by atoms with Gasteiger partial charge in [0.25, 0.3) is 0 Å². The molecule has 0 bridgehead atoms. The van der Waals surface area contributed by atoms with Crippen LogP contribution in [0.1, 0.15) is 54.5 Å². The van der Waals surface area contributed by atoms with E-state index < -0.39 is 0 Å². The molecule has 4 heteroatoms. The maximum absolute atomic E-state index is 4.36. The van der Waals surface area contributed by atoms with E-state index in [1.54, 1.807) is 0 Å². The molecule has 4 aromatic rings. The number of aryl methyl sites for hydroxylation is 2. The van der Waals surface area contributed by atoms with Crippen LogP contribution in [0.15, 0.2) is 60.9 Å². The van der Waals surface area contributed by atoms with E-state index in [9.17, 15) is 0 Å². The van der Waals surface area contributed by atoms with E-state index in [2.05, 4.69) is 75.7 Å². The third kappa shape index (κ3) is 3.45. The van der Waals surface area contributed by atoms with Crippen molar-refractivity contribution in [3.63, 3.8) is 0 Å². The van der Waals surface area contributed by atoms with E-state index in [1.807, 2.05) is 19.3 Å². The first-order chi connectivity index (χ1) is 14.2. The summed E-state index contributed by atoms with van der Waals surface area (Å²) < 4.78 is 0. The van der Waals surface area contributed by atoms with Gasteiger partial charge in [-0.25, -0.2) is 9.97 Å². The molecule has 146 valence electrons. The molecule has 0 saturated heterocycles. The average molecular weight is 383 g/mol. The van der Waals surface area contributed by atoms with Gasteiger partial charge in [0.1, 0.15) is 5.82 Å². The van der Waals surface area contributed by atoms with Gasteiger partial charge in [-0.3, -0.25) is 0 Å². The number of benzene rings is 2. The Hall–Kier alpha value is -2.98. The molecule has 4 nitrogen and oxygen atoms in total. The minimum absolute atomic E-state index is 0.318. The lowest BCUT2D eigenvalue weighted by Crippen LogP contribution is -2.27. The van der Waals surface area contributed by atoms with Crippen molar-refractivity contribution in [3.8, 4) is 11.1 Å². The third-order valence-corrected chi connectivity index (χ3v) is 6.07. The highest BCUT2D eigenvalue weighted by atomic mass is 15.0. The van der Waals surface area contributed by atoms with Crippen molar-refractivity contribution in [3.05, 3.63) is 83.6 Å². The van der Waals surface area contributed by atoms with Gasteiger partial charge in [0.05, 0.1) is 0 Å². The number of H-pyrrole nitrogens is 1. The standard InChI is InChI=1S/C25H26N4/c1-16(18-7-4-3-5-8-18)28-24-10-6-9-21-22-13-19(11-12-23(22)29-25(21)24)20-14-26-17(2)27-15-20/h3-5,7-8,11-16,24,28-29H,6,9-10H2,1-2H3/t16-,24-/m1/s1. The predicted octanol–water partition coefficient (Wildman–Crippen LogP) is 5.66. The van der Waals surface area contributed by atoms with Crippen LogP contribution >= 0.6 is 0 Å². The largest absolute Gasteiger partial charge is 0.357 e. The number of nitrogens with zero attached hydrogens (tertiary/aromatic N) is 2. The van der Waals surface area contributed by atoms with Crippen LogP contribution in [-0.2, 0) is 6.42 Å². The predicted molar refractivity (Wildman–Crippen MR) is 118 cm³/mol. The molecule has 2 N–H and O–H groups in total. The van der Waals surface area contributed by atoms with Crippen LogP contribution in [0.25, 0.3) is 22.0 Å². The fourth-order valence-electron chi connectivity index (χ4n) is 4.49. The van der Waals surface area contributed by atoms with Gasteiger partial charge in [0.2, 0.25) is 0 Å². The van der Waals surface area contributed by atoms with Gasteiger partial charge in [-0.2, -0.15) is 0 Å². The van der Waals surface area contributed by atoms with Crippen LogP contribution in [0.3, 0.4) is 0 Å². The molecule has 2 heterocycles. The first-order valence-corrected chi connectivity index (χ1v) is 10.4. The smallest absolute Gasteiger partial charge is 0.125 e. The lowest BCUT2D eigenvalue weighted by atomic mass is 9.90. The number of nitrogens with one attached hydrogen (secondary N) is 2. The zero-order valence-electron chi connectivity index (χ0n) is 16.9. The molecule has 0 spiro atoms. The highest BCUT2D eigenvalue weighted by molar-refractivity contribution is 5.89. The van der Waals surface area contributed by atoms with E-state index >= 15 is 0 Å². The van der Waals surface area contributed by atoms with Gasteiger partial charge in [0.15, 0.2) is 0 Å². The molecule has 2 aromatic heterocycles. The molecule has 1 aliphatic carbocycles. The Kier molecular flexibility index (Phi) is 4.64. The molecule has 0 radical (unpaired) electrons. The summed E-state index contributed by atoms with van der Waals surface area (Å²) in [5.41, 5.74) is 7.60. The average Bonchev–Trinajstić information content (AvgIpc) is 3.14. The highest BCUT2D eigenvalue weighted by Gasteiger charge is 2.25. The molecule has 0 amide bonds. The fourth-order valence-corrected chi connectivity index (χ4v) is 4.49. The van der Waals surface area contributed by atoms with Gasteiger partial charge in [-0.15, -0.1) is 0 Å². The summed E-state index contributed by atoms with van der Waals surface area (Å²) in [5, 5.41) is 5.18. The zero-order chi connectivity index (χ0) is 19.8.